The van der Waals surface area contributed by atoms with Crippen molar-refractivity contribution in [2.75, 3.05) is 17.6 Å². The van der Waals surface area contributed by atoms with Crippen molar-refractivity contribution in [2.45, 2.75) is 6.92 Å². The largest absolute Gasteiger partial charge is 0.382 e. The second-order valence-electron chi connectivity index (χ2n) is 2.25. The van der Waals surface area contributed by atoms with Gasteiger partial charge >= 0.3 is 0 Å². The molecule has 0 atom stereocenters. The lowest BCUT2D eigenvalue weighted by Gasteiger charge is -1.97. The molecule has 0 aromatic carbocycles. The maximum absolute atomic E-state index is 5.57. The van der Waals surface area contributed by atoms with Gasteiger partial charge in [0.25, 0.3) is 0 Å². The zero-order chi connectivity index (χ0) is 8.27. The van der Waals surface area contributed by atoms with Gasteiger partial charge in [0, 0.05) is 6.54 Å². The summed E-state index contributed by atoms with van der Waals surface area (Å²) in [7, 11) is 0. The molecule has 0 amide bonds. The molecular weight excluding hydrogens is 140 g/mol. The summed E-state index contributed by atoms with van der Waals surface area (Å²) in [5.74, 6) is 2.08. The van der Waals surface area contributed by atoms with Crippen LogP contribution < -0.4 is 11.1 Å². The zero-order valence-corrected chi connectivity index (χ0v) is 6.52. The zero-order valence-electron chi connectivity index (χ0n) is 6.52. The second-order valence-corrected chi connectivity index (χ2v) is 2.25. The van der Waals surface area contributed by atoms with E-state index in [1.807, 2.05) is 6.92 Å². The van der Waals surface area contributed by atoms with E-state index in [-0.39, 0.29) is 0 Å². The molecule has 4 nitrogen and oxygen atoms in total. The highest BCUT2D eigenvalue weighted by molar-refractivity contribution is 5.57. The summed E-state index contributed by atoms with van der Waals surface area (Å²) in [5.41, 5.74) is 5.57. The average Bonchev–Trinajstić information content (AvgIpc) is 2.26. The molecule has 0 radical (unpaired) electrons. The first-order valence-corrected chi connectivity index (χ1v) is 3.41. The van der Waals surface area contributed by atoms with Crippen molar-refractivity contribution >= 4 is 11.6 Å². The van der Waals surface area contributed by atoms with Crippen LogP contribution in [0.25, 0.3) is 0 Å². The molecule has 0 saturated carbocycles. The number of aromatic amines is 1. The minimum atomic E-state index is 0.573. The fraction of sp³-hybridized carbons (Fsp3) is 0.286. The molecule has 60 valence electrons. The maximum Gasteiger partial charge on any atom is 0.169 e. The summed E-state index contributed by atoms with van der Waals surface area (Å²) in [6.07, 6.45) is 1.75. The minimum Gasteiger partial charge on any atom is -0.382 e. The predicted molar refractivity (Wildman–Crippen MR) is 46.4 cm³/mol. The summed E-state index contributed by atoms with van der Waals surface area (Å²) in [6, 6.07) is 0. The predicted octanol–water partition coefficient (Wildman–Crippen LogP) is 0.898. The molecule has 1 rings (SSSR count). The van der Waals surface area contributed by atoms with Crippen LogP contribution in [0.2, 0.25) is 0 Å². The number of H-pyrrole nitrogens is 1. The number of hydrogen-bond acceptors (Lipinski definition) is 3. The first kappa shape index (κ1) is 7.65. The van der Waals surface area contributed by atoms with Crippen LogP contribution in [0.1, 0.15) is 5.82 Å². The average molecular weight is 152 g/mol. The molecule has 0 fully saturated rings. The standard InChI is InChI=1S/C7H12N4/c1-3-4-9-7-6(8)10-5(2)11-7/h3,9H,1,4,8H2,2H3,(H,10,11). The molecule has 0 aliphatic carbocycles. The fourth-order valence-electron chi connectivity index (χ4n) is 0.814. The molecule has 0 aliphatic rings. The van der Waals surface area contributed by atoms with Gasteiger partial charge in [0.05, 0.1) is 0 Å². The van der Waals surface area contributed by atoms with Crippen molar-refractivity contribution in [3.8, 4) is 0 Å². The Morgan fingerprint density at radius 3 is 3.00 bits per heavy atom. The van der Waals surface area contributed by atoms with Gasteiger partial charge in [0.1, 0.15) is 11.6 Å². The quantitative estimate of drug-likeness (QED) is 0.564. The molecule has 11 heavy (non-hydrogen) atoms. The van der Waals surface area contributed by atoms with Gasteiger partial charge in [-0.15, -0.1) is 6.58 Å². The van der Waals surface area contributed by atoms with Gasteiger partial charge in [-0.3, -0.25) is 0 Å². The molecule has 4 heteroatoms. The first-order chi connectivity index (χ1) is 5.24. The number of hydrogen-bond donors (Lipinski definition) is 3. The van der Waals surface area contributed by atoms with Gasteiger partial charge < -0.3 is 16.0 Å². The Morgan fingerprint density at radius 2 is 2.55 bits per heavy atom. The Morgan fingerprint density at radius 1 is 1.82 bits per heavy atom. The summed E-state index contributed by atoms with van der Waals surface area (Å²) in [4.78, 5) is 6.99. The lowest BCUT2D eigenvalue weighted by Crippen LogP contribution is -2.00. The van der Waals surface area contributed by atoms with E-state index in [0.717, 1.165) is 5.82 Å². The monoisotopic (exact) mass is 152 g/mol. The number of rotatable bonds is 3. The number of nitrogen functional groups attached to an aromatic ring is 1. The van der Waals surface area contributed by atoms with Crippen molar-refractivity contribution in [3.05, 3.63) is 18.5 Å². The maximum atomic E-state index is 5.57. The van der Waals surface area contributed by atoms with E-state index >= 15 is 0 Å². The van der Waals surface area contributed by atoms with Crippen LogP contribution >= 0.6 is 0 Å². The SMILES string of the molecule is C=CCNc1nc(C)[nH]c1N. The number of nitrogens with two attached hydrogens (primary N) is 1. The van der Waals surface area contributed by atoms with E-state index in [9.17, 15) is 0 Å². The van der Waals surface area contributed by atoms with Crippen molar-refractivity contribution in [3.63, 3.8) is 0 Å². The van der Waals surface area contributed by atoms with E-state index < -0.39 is 0 Å². The Hall–Kier alpha value is -1.45. The normalized spacial score (nSPS) is 9.55. The third-order valence-electron chi connectivity index (χ3n) is 1.26. The molecule has 0 spiro atoms. The molecule has 1 aromatic heterocycles. The van der Waals surface area contributed by atoms with E-state index in [4.69, 9.17) is 5.73 Å². The van der Waals surface area contributed by atoms with Crippen LogP contribution in [0.15, 0.2) is 12.7 Å². The van der Waals surface area contributed by atoms with Crippen LogP contribution in [0, 0.1) is 6.92 Å². The molecule has 0 bridgehead atoms. The minimum absolute atomic E-state index is 0.573. The van der Waals surface area contributed by atoms with E-state index in [2.05, 4.69) is 21.9 Å². The van der Waals surface area contributed by atoms with E-state index in [0.29, 0.717) is 18.2 Å². The highest BCUT2D eigenvalue weighted by Crippen LogP contribution is 2.12. The van der Waals surface area contributed by atoms with Crippen molar-refractivity contribution in [1.82, 2.24) is 9.97 Å². The molecule has 1 heterocycles. The smallest absolute Gasteiger partial charge is 0.169 e. The van der Waals surface area contributed by atoms with Crippen LogP contribution in [0.5, 0.6) is 0 Å². The lowest BCUT2D eigenvalue weighted by molar-refractivity contribution is 1.14. The van der Waals surface area contributed by atoms with Crippen LogP contribution in [-0.4, -0.2) is 16.5 Å². The van der Waals surface area contributed by atoms with Gasteiger partial charge in [-0.1, -0.05) is 6.08 Å². The summed E-state index contributed by atoms with van der Waals surface area (Å²) < 4.78 is 0. The highest BCUT2D eigenvalue weighted by atomic mass is 15.1. The third-order valence-corrected chi connectivity index (χ3v) is 1.26. The number of nitrogens with one attached hydrogen (secondary N) is 2. The van der Waals surface area contributed by atoms with Crippen molar-refractivity contribution in [2.24, 2.45) is 0 Å². The van der Waals surface area contributed by atoms with Crippen LogP contribution in [0.3, 0.4) is 0 Å². The number of imidazole rings is 1. The topological polar surface area (TPSA) is 66.7 Å². The summed E-state index contributed by atoms with van der Waals surface area (Å²) in [6.45, 7) is 6.10. The van der Waals surface area contributed by atoms with Crippen molar-refractivity contribution < 1.29 is 0 Å². The second kappa shape index (κ2) is 3.09. The van der Waals surface area contributed by atoms with Gasteiger partial charge in [0.2, 0.25) is 0 Å². The third kappa shape index (κ3) is 1.73. The number of aromatic nitrogens is 2. The summed E-state index contributed by atoms with van der Waals surface area (Å²) in [5, 5.41) is 3.00. The van der Waals surface area contributed by atoms with Gasteiger partial charge in [-0.05, 0) is 6.92 Å². The van der Waals surface area contributed by atoms with Crippen molar-refractivity contribution in [1.29, 1.82) is 0 Å². The van der Waals surface area contributed by atoms with Gasteiger partial charge in [-0.25, -0.2) is 4.98 Å². The summed E-state index contributed by atoms with van der Waals surface area (Å²) >= 11 is 0. The van der Waals surface area contributed by atoms with Crippen LogP contribution in [0.4, 0.5) is 11.6 Å². The van der Waals surface area contributed by atoms with Crippen LogP contribution in [-0.2, 0) is 0 Å². The molecule has 1 aromatic rings. The lowest BCUT2D eigenvalue weighted by atomic mass is 10.5. The fourth-order valence-corrected chi connectivity index (χ4v) is 0.814. The van der Waals surface area contributed by atoms with Gasteiger partial charge in [-0.2, -0.15) is 0 Å². The molecule has 4 N–H and O–H groups in total. The number of anilines is 2. The van der Waals surface area contributed by atoms with E-state index in [1.54, 1.807) is 6.08 Å². The Balaban J connectivity index is 2.69. The molecule has 0 aliphatic heterocycles. The molecular formula is C7H12N4. The number of nitrogens with zero attached hydrogens (tertiary/aromatic N) is 1. The van der Waals surface area contributed by atoms with E-state index in [1.165, 1.54) is 0 Å². The molecule has 0 saturated heterocycles. The molecule has 0 unspecified atom stereocenters. The Bertz CT molecular complexity index is 251. The Labute approximate surface area is 65.5 Å². The first-order valence-electron chi connectivity index (χ1n) is 3.41. The van der Waals surface area contributed by atoms with Gasteiger partial charge in [0.15, 0.2) is 5.82 Å². The Kier molecular flexibility index (Phi) is 2.15. The number of aryl methyl sites for hydroxylation is 1. The highest BCUT2D eigenvalue weighted by Gasteiger charge is 2.01.